The Hall–Kier alpha value is -0.340. The van der Waals surface area contributed by atoms with Crippen molar-refractivity contribution in [2.45, 2.75) is 11.5 Å². The van der Waals surface area contributed by atoms with Crippen LogP contribution in [0.25, 0.3) is 0 Å². The predicted molar refractivity (Wildman–Crippen MR) is 37.1 cm³/mol. The van der Waals surface area contributed by atoms with E-state index < -0.39 is 11.5 Å². The smallest absolute Gasteiger partial charge is 0.116 e. The monoisotopic (exact) mass is 160 g/mol. The first-order chi connectivity index (χ1) is 4.75. The maximum Gasteiger partial charge on any atom is 0.116 e. The molecule has 1 rings (SSSR count). The Morgan fingerprint density at radius 2 is 2.50 bits per heavy atom. The van der Waals surface area contributed by atoms with Crippen molar-refractivity contribution in [3.63, 3.8) is 0 Å². The molecule has 2 unspecified atom stereocenters. The molecule has 1 saturated heterocycles. The summed E-state index contributed by atoms with van der Waals surface area (Å²) in [6.45, 7) is 0.886. The molecule has 0 aliphatic carbocycles. The molecule has 0 spiro atoms. The average molecular weight is 161 g/mol. The van der Waals surface area contributed by atoms with E-state index >= 15 is 0 Å². The first-order valence-electron chi connectivity index (χ1n) is 2.96. The molecule has 5 heteroatoms. The standard InChI is InChI=1S/C5H7ClN3O/c6-5-4(3-7)9(10)2-1-8-5/h4-5,8H,1-2H2/q-1. The minimum atomic E-state index is -0.740. The highest BCUT2D eigenvalue weighted by atomic mass is 35.5. The van der Waals surface area contributed by atoms with Crippen LogP contribution in [-0.2, 0) is 0 Å². The third-order valence-corrected chi connectivity index (χ3v) is 1.78. The molecule has 56 valence electrons. The van der Waals surface area contributed by atoms with Crippen LogP contribution in [0.3, 0.4) is 0 Å². The minimum absolute atomic E-state index is 0.335. The second-order valence-electron chi connectivity index (χ2n) is 2.07. The molecule has 4 nitrogen and oxygen atoms in total. The van der Waals surface area contributed by atoms with Crippen LogP contribution in [0, 0.1) is 16.5 Å². The van der Waals surface area contributed by atoms with Gasteiger partial charge in [0.05, 0.1) is 6.07 Å². The number of hydroxylamine groups is 2. The van der Waals surface area contributed by atoms with Crippen LogP contribution in [0.2, 0.25) is 0 Å². The molecule has 1 heterocycles. The van der Waals surface area contributed by atoms with E-state index in [4.69, 9.17) is 16.9 Å². The zero-order chi connectivity index (χ0) is 7.56. The summed E-state index contributed by atoms with van der Waals surface area (Å²) < 4.78 is 0. The van der Waals surface area contributed by atoms with Gasteiger partial charge in [-0.05, 0) is 6.54 Å². The fraction of sp³-hybridized carbons (Fsp3) is 0.800. The van der Waals surface area contributed by atoms with E-state index in [1.807, 2.05) is 6.07 Å². The maximum absolute atomic E-state index is 10.8. The summed E-state index contributed by atoms with van der Waals surface area (Å²) in [6, 6.07) is 1.08. The van der Waals surface area contributed by atoms with E-state index in [1.165, 1.54) is 0 Å². The van der Waals surface area contributed by atoms with E-state index in [-0.39, 0.29) is 0 Å². The van der Waals surface area contributed by atoms with Crippen LogP contribution in [0.5, 0.6) is 0 Å². The van der Waals surface area contributed by atoms with Crippen molar-refractivity contribution in [1.29, 1.82) is 5.26 Å². The Morgan fingerprint density at radius 1 is 1.80 bits per heavy atom. The highest BCUT2D eigenvalue weighted by Gasteiger charge is 2.23. The van der Waals surface area contributed by atoms with Crippen molar-refractivity contribution in [2.75, 3.05) is 13.1 Å². The lowest BCUT2D eigenvalue weighted by atomic mass is 10.2. The van der Waals surface area contributed by atoms with Crippen LogP contribution in [0.1, 0.15) is 0 Å². The maximum atomic E-state index is 10.8. The van der Waals surface area contributed by atoms with Crippen molar-refractivity contribution >= 4 is 11.6 Å². The van der Waals surface area contributed by atoms with Crippen LogP contribution in [-0.4, -0.2) is 29.7 Å². The Kier molecular flexibility index (Phi) is 2.46. The molecule has 1 fully saturated rings. The summed E-state index contributed by atoms with van der Waals surface area (Å²) in [4.78, 5) is 0. The Morgan fingerprint density at radius 3 is 2.90 bits per heavy atom. The lowest BCUT2D eigenvalue weighted by molar-refractivity contribution is 0.255. The average Bonchev–Trinajstić information content (AvgIpc) is 1.88. The second kappa shape index (κ2) is 3.17. The molecule has 1 aliphatic rings. The zero-order valence-corrected chi connectivity index (χ0v) is 6.01. The number of nitriles is 1. The summed E-state index contributed by atoms with van der Waals surface area (Å²) in [5.74, 6) is 0. The van der Waals surface area contributed by atoms with Gasteiger partial charge in [0, 0.05) is 6.54 Å². The number of rotatable bonds is 0. The quantitative estimate of drug-likeness (QED) is 0.395. The van der Waals surface area contributed by atoms with Crippen molar-refractivity contribution < 1.29 is 0 Å². The van der Waals surface area contributed by atoms with E-state index in [2.05, 4.69) is 5.32 Å². The van der Waals surface area contributed by atoms with Gasteiger partial charge in [0.2, 0.25) is 0 Å². The van der Waals surface area contributed by atoms with E-state index in [0.29, 0.717) is 18.2 Å². The molecule has 10 heavy (non-hydrogen) atoms. The fourth-order valence-electron chi connectivity index (χ4n) is 0.839. The SMILES string of the molecule is N#CC1C(Cl)NCCN1[O-]. The largest absolute Gasteiger partial charge is 0.784 e. The molecule has 0 aromatic carbocycles. The lowest BCUT2D eigenvalue weighted by Gasteiger charge is -2.39. The number of hydrogen-bond acceptors (Lipinski definition) is 4. The lowest BCUT2D eigenvalue weighted by Crippen LogP contribution is -2.52. The topological polar surface area (TPSA) is 62.1 Å². The van der Waals surface area contributed by atoms with Crippen molar-refractivity contribution in [3.8, 4) is 6.07 Å². The van der Waals surface area contributed by atoms with Crippen molar-refractivity contribution in [3.05, 3.63) is 5.21 Å². The van der Waals surface area contributed by atoms with Crippen LogP contribution < -0.4 is 5.32 Å². The van der Waals surface area contributed by atoms with Gasteiger partial charge in [-0.1, -0.05) is 0 Å². The molecular formula is C5H7ClN3O-. The second-order valence-corrected chi connectivity index (χ2v) is 2.54. The molecular weight excluding hydrogens is 154 g/mol. The normalized spacial score (nSPS) is 35.3. The van der Waals surface area contributed by atoms with Crippen LogP contribution in [0.15, 0.2) is 0 Å². The van der Waals surface area contributed by atoms with Gasteiger partial charge < -0.3 is 10.3 Å². The molecule has 0 amide bonds. The number of piperazine rings is 1. The summed E-state index contributed by atoms with van der Waals surface area (Å²) >= 11 is 5.60. The molecule has 0 aromatic rings. The number of hydrogen-bond donors (Lipinski definition) is 1. The van der Waals surface area contributed by atoms with Gasteiger partial charge in [-0.2, -0.15) is 5.26 Å². The summed E-state index contributed by atoms with van der Waals surface area (Å²) in [5.41, 5.74) is -0.531. The fourth-order valence-corrected chi connectivity index (χ4v) is 1.13. The Balaban J connectivity index is 2.56. The van der Waals surface area contributed by atoms with Crippen LogP contribution >= 0.6 is 11.6 Å². The zero-order valence-electron chi connectivity index (χ0n) is 5.25. The molecule has 1 N–H and O–H groups in total. The summed E-state index contributed by atoms with van der Waals surface area (Å²) in [7, 11) is 0. The molecule has 0 radical (unpaired) electrons. The van der Waals surface area contributed by atoms with Crippen molar-refractivity contribution in [1.82, 2.24) is 10.4 Å². The van der Waals surface area contributed by atoms with Crippen molar-refractivity contribution in [2.24, 2.45) is 0 Å². The van der Waals surface area contributed by atoms with Gasteiger partial charge in [-0.3, -0.25) is 5.32 Å². The van der Waals surface area contributed by atoms with Gasteiger partial charge in [0.1, 0.15) is 11.5 Å². The van der Waals surface area contributed by atoms with E-state index in [9.17, 15) is 5.21 Å². The predicted octanol–water partition coefficient (Wildman–Crippen LogP) is -0.154. The number of nitrogens with one attached hydrogen (secondary N) is 1. The van der Waals surface area contributed by atoms with E-state index in [0.717, 1.165) is 0 Å². The molecule has 0 saturated carbocycles. The number of halogens is 1. The van der Waals surface area contributed by atoms with Gasteiger partial charge in [0.25, 0.3) is 0 Å². The molecule has 1 aliphatic heterocycles. The molecule has 0 bridgehead atoms. The Labute approximate surface area is 63.9 Å². The third-order valence-electron chi connectivity index (χ3n) is 1.39. The van der Waals surface area contributed by atoms with Crippen LogP contribution in [0.4, 0.5) is 0 Å². The van der Waals surface area contributed by atoms with Gasteiger partial charge in [-0.25, -0.2) is 0 Å². The van der Waals surface area contributed by atoms with Gasteiger partial charge in [0.15, 0.2) is 0 Å². The summed E-state index contributed by atoms with van der Waals surface area (Å²) in [6.07, 6.45) is 0. The molecule has 2 atom stereocenters. The number of alkyl halides is 1. The third kappa shape index (κ3) is 1.39. The minimum Gasteiger partial charge on any atom is -0.784 e. The highest BCUT2D eigenvalue weighted by molar-refractivity contribution is 6.21. The summed E-state index contributed by atoms with van der Waals surface area (Å²) in [5, 5.41) is 22.7. The molecule has 0 aromatic heterocycles. The van der Waals surface area contributed by atoms with Gasteiger partial charge in [-0.15, -0.1) is 11.6 Å². The highest BCUT2D eigenvalue weighted by Crippen LogP contribution is 2.09. The number of nitrogens with zero attached hydrogens (tertiary/aromatic N) is 2. The first-order valence-corrected chi connectivity index (χ1v) is 3.40. The Bertz CT molecular complexity index is 147. The van der Waals surface area contributed by atoms with E-state index in [1.54, 1.807) is 0 Å². The first kappa shape index (κ1) is 7.76. The van der Waals surface area contributed by atoms with Gasteiger partial charge >= 0.3 is 0 Å².